The van der Waals surface area contributed by atoms with E-state index in [2.05, 4.69) is 10.0 Å². The summed E-state index contributed by atoms with van der Waals surface area (Å²) in [6.45, 7) is 5.15. The summed E-state index contributed by atoms with van der Waals surface area (Å²) in [5.74, 6) is -0.403. The molecule has 0 aromatic heterocycles. The van der Waals surface area contributed by atoms with Crippen molar-refractivity contribution in [3.8, 4) is 0 Å². The minimum Gasteiger partial charge on any atom is -0.376 e. The van der Waals surface area contributed by atoms with Crippen molar-refractivity contribution in [2.45, 2.75) is 63.1 Å². The van der Waals surface area contributed by atoms with Crippen LogP contribution in [0.2, 0.25) is 5.02 Å². The Labute approximate surface area is 218 Å². The molecule has 2 aromatic rings. The minimum absolute atomic E-state index is 0.0147. The number of sulfonamides is 1. The van der Waals surface area contributed by atoms with Crippen molar-refractivity contribution in [1.82, 2.24) is 14.9 Å². The van der Waals surface area contributed by atoms with E-state index in [1.165, 1.54) is 12.1 Å². The average Bonchev–Trinajstić information content (AvgIpc) is 3.39. The zero-order chi connectivity index (χ0) is 26.1. The fraction of sp³-hybridized carbons (Fsp3) is 0.462. The highest BCUT2D eigenvalue weighted by Gasteiger charge is 2.27. The van der Waals surface area contributed by atoms with Gasteiger partial charge in [0.25, 0.3) is 0 Å². The van der Waals surface area contributed by atoms with Gasteiger partial charge in [-0.2, -0.15) is 0 Å². The Morgan fingerprint density at radius 2 is 1.78 bits per heavy atom. The number of nitrogens with zero attached hydrogens (tertiary/aromatic N) is 1. The van der Waals surface area contributed by atoms with Gasteiger partial charge in [-0.15, -0.1) is 0 Å². The van der Waals surface area contributed by atoms with E-state index in [4.69, 9.17) is 16.3 Å². The molecule has 196 valence electrons. The Morgan fingerprint density at radius 3 is 2.39 bits per heavy atom. The van der Waals surface area contributed by atoms with Gasteiger partial charge in [-0.3, -0.25) is 9.59 Å². The standard InChI is InChI=1S/C26H34ClN3O5S/c1-3-29-36(33,34)24-13-8-20(9-14-24)10-15-25(31)30(18-21-6-11-22(27)12-7-21)19(2)26(32)28-17-23-5-4-16-35-23/h6-9,11-14,19,23,29H,3-5,10,15-18H2,1-2H3,(H,28,32)/t19-,23-/m1/s1. The van der Waals surface area contributed by atoms with Crippen molar-refractivity contribution in [3.63, 3.8) is 0 Å². The molecule has 8 nitrogen and oxygen atoms in total. The van der Waals surface area contributed by atoms with Crippen molar-refractivity contribution in [2.75, 3.05) is 19.7 Å². The Hall–Kier alpha value is -2.46. The third-order valence-corrected chi connectivity index (χ3v) is 7.97. The molecular weight excluding hydrogens is 502 g/mol. The first-order valence-corrected chi connectivity index (χ1v) is 14.1. The summed E-state index contributed by atoms with van der Waals surface area (Å²) in [5, 5.41) is 3.51. The molecule has 3 rings (SSSR count). The SMILES string of the molecule is CCNS(=O)(=O)c1ccc(CCC(=O)N(Cc2ccc(Cl)cc2)[C@H](C)C(=O)NC[C@H]2CCCO2)cc1. The summed E-state index contributed by atoms with van der Waals surface area (Å²) in [5.41, 5.74) is 1.70. The monoisotopic (exact) mass is 535 g/mol. The lowest BCUT2D eigenvalue weighted by atomic mass is 10.1. The lowest BCUT2D eigenvalue weighted by Crippen LogP contribution is -2.49. The molecule has 0 bridgehead atoms. The molecule has 2 atom stereocenters. The van der Waals surface area contributed by atoms with Gasteiger partial charge in [0.1, 0.15) is 6.04 Å². The molecule has 1 heterocycles. The molecule has 10 heteroatoms. The van der Waals surface area contributed by atoms with Crippen LogP contribution < -0.4 is 10.0 Å². The largest absolute Gasteiger partial charge is 0.376 e. The number of halogens is 1. The quantitative estimate of drug-likeness (QED) is 0.434. The molecule has 0 unspecified atom stereocenters. The van der Waals surface area contributed by atoms with Crippen molar-refractivity contribution in [2.24, 2.45) is 0 Å². The number of carbonyl (C=O) groups excluding carboxylic acids is 2. The van der Waals surface area contributed by atoms with Gasteiger partial charge in [-0.1, -0.05) is 42.8 Å². The maximum Gasteiger partial charge on any atom is 0.242 e. The smallest absolute Gasteiger partial charge is 0.242 e. The fourth-order valence-electron chi connectivity index (χ4n) is 4.04. The molecule has 2 amide bonds. The van der Waals surface area contributed by atoms with E-state index in [9.17, 15) is 18.0 Å². The topological polar surface area (TPSA) is 105 Å². The van der Waals surface area contributed by atoms with E-state index in [1.807, 2.05) is 12.1 Å². The van der Waals surface area contributed by atoms with Crippen molar-refractivity contribution in [1.29, 1.82) is 0 Å². The highest BCUT2D eigenvalue weighted by atomic mass is 35.5. The van der Waals surface area contributed by atoms with Crippen LogP contribution in [0.15, 0.2) is 53.4 Å². The molecule has 36 heavy (non-hydrogen) atoms. The van der Waals surface area contributed by atoms with Gasteiger partial charge in [0.15, 0.2) is 0 Å². The average molecular weight is 536 g/mol. The van der Waals surface area contributed by atoms with Crippen LogP contribution in [-0.4, -0.2) is 57.0 Å². The van der Waals surface area contributed by atoms with Crippen LogP contribution in [0, 0.1) is 0 Å². The Bertz CT molecular complexity index is 1120. The molecule has 0 aliphatic carbocycles. The van der Waals surface area contributed by atoms with E-state index < -0.39 is 16.1 Å². The number of hydrogen-bond donors (Lipinski definition) is 2. The second-order valence-electron chi connectivity index (χ2n) is 8.85. The number of benzene rings is 2. The maximum absolute atomic E-state index is 13.3. The Morgan fingerprint density at radius 1 is 1.11 bits per heavy atom. The maximum atomic E-state index is 13.3. The Kier molecular flexibility index (Phi) is 10.3. The number of nitrogens with one attached hydrogen (secondary N) is 2. The van der Waals surface area contributed by atoms with Gasteiger partial charge >= 0.3 is 0 Å². The van der Waals surface area contributed by atoms with E-state index in [0.717, 1.165) is 24.0 Å². The summed E-state index contributed by atoms with van der Waals surface area (Å²) in [6.07, 6.45) is 2.51. The highest BCUT2D eigenvalue weighted by molar-refractivity contribution is 7.89. The molecule has 1 aliphatic rings. The molecule has 1 fully saturated rings. The van der Waals surface area contributed by atoms with Crippen LogP contribution in [0.5, 0.6) is 0 Å². The van der Waals surface area contributed by atoms with Gasteiger partial charge in [0, 0.05) is 37.7 Å². The lowest BCUT2D eigenvalue weighted by Gasteiger charge is -2.29. The van der Waals surface area contributed by atoms with E-state index >= 15 is 0 Å². The number of carbonyl (C=O) groups is 2. The van der Waals surface area contributed by atoms with E-state index in [1.54, 1.807) is 43.0 Å². The van der Waals surface area contributed by atoms with Gasteiger partial charge in [-0.05, 0) is 61.6 Å². The normalized spacial score (nSPS) is 16.5. The minimum atomic E-state index is -3.53. The third kappa shape index (κ3) is 8.03. The zero-order valence-corrected chi connectivity index (χ0v) is 22.3. The number of amides is 2. The highest BCUT2D eigenvalue weighted by Crippen LogP contribution is 2.17. The Balaban J connectivity index is 1.66. The van der Waals surface area contributed by atoms with Gasteiger partial charge < -0.3 is 15.0 Å². The van der Waals surface area contributed by atoms with Crippen molar-refractivity contribution >= 4 is 33.4 Å². The molecule has 2 N–H and O–H groups in total. The molecule has 1 saturated heterocycles. The number of rotatable bonds is 12. The van der Waals surface area contributed by atoms with Crippen LogP contribution in [0.4, 0.5) is 0 Å². The molecule has 0 saturated carbocycles. The van der Waals surface area contributed by atoms with Crippen LogP contribution in [0.3, 0.4) is 0 Å². The van der Waals surface area contributed by atoms with Crippen LogP contribution in [-0.2, 0) is 37.3 Å². The molecule has 2 aromatic carbocycles. The first-order valence-electron chi connectivity index (χ1n) is 12.2. The lowest BCUT2D eigenvalue weighted by molar-refractivity contribution is -0.140. The van der Waals surface area contributed by atoms with Crippen LogP contribution >= 0.6 is 11.6 Å². The molecular formula is C26H34ClN3O5S. The molecule has 0 spiro atoms. The van der Waals surface area contributed by atoms with Crippen LogP contribution in [0.25, 0.3) is 0 Å². The fourth-order valence-corrected chi connectivity index (χ4v) is 5.21. The van der Waals surface area contributed by atoms with Gasteiger partial charge in [0.2, 0.25) is 21.8 Å². The first-order chi connectivity index (χ1) is 17.2. The predicted octanol–water partition coefficient (Wildman–Crippen LogP) is 3.28. The number of aryl methyl sites for hydroxylation is 1. The summed E-state index contributed by atoms with van der Waals surface area (Å²) in [4.78, 5) is 27.9. The van der Waals surface area contributed by atoms with Crippen LogP contribution in [0.1, 0.15) is 44.2 Å². The third-order valence-electron chi connectivity index (χ3n) is 6.16. The van der Waals surface area contributed by atoms with Gasteiger partial charge in [-0.25, -0.2) is 13.1 Å². The summed E-state index contributed by atoms with van der Waals surface area (Å²) < 4.78 is 32.3. The molecule has 0 radical (unpaired) electrons. The van der Waals surface area contributed by atoms with E-state index in [0.29, 0.717) is 31.1 Å². The van der Waals surface area contributed by atoms with E-state index in [-0.39, 0.29) is 35.8 Å². The zero-order valence-electron chi connectivity index (χ0n) is 20.7. The number of ether oxygens (including phenoxy) is 1. The summed E-state index contributed by atoms with van der Waals surface area (Å²) in [6, 6.07) is 13.0. The van der Waals surface area contributed by atoms with Crippen molar-refractivity contribution in [3.05, 3.63) is 64.7 Å². The van der Waals surface area contributed by atoms with Crippen molar-refractivity contribution < 1.29 is 22.7 Å². The summed E-state index contributed by atoms with van der Waals surface area (Å²) >= 11 is 6.00. The second kappa shape index (κ2) is 13.2. The second-order valence-corrected chi connectivity index (χ2v) is 11.1. The van der Waals surface area contributed by atoms with Gasteiger partial charge in [0.05, 0.1) is 11.0 Å². The molecule has 1 aliphatic heterocycles. The first kappa shape index (κ1) is 28.1. The number of hydrogen-bond acceptors (Lipinski definition) is 5. The predicted molar refractivity (Wildman–Crippen MR) is 139 cm³/mol. The summed E-state index contributed by atoms with van der Waals surface area (Å²) in [7, 11) is -3.53.